The zero-order valence-electron chi connectivity index (χ0n) is 14.5. The molecule has 1 aromatic carbocycles. The Morgan fingerprint density at radius 3 is 2.32 bits per heavy atom. The summed E-state index contributed by atoms with van der Waals surface area (Å²) in [5.74, 6) is -0.546. The lowest BCUT2D eigenvalue weighted by Crippen LogP contribution is -2.56. The molecule has 3 rings (SSSR count). The highest BCUT2D eigenvalue weighted by molar-refractivity contribution is 5.99. The molecule has 1 aliphatic heterocycles. The van der Waals surface area contributed by atoms with Crippen molar-refractivity contribution in [3.63, 3.8) is 0 Å². The summed E-state index contributed by atoms with van der Waals surface area (Å²) in [5, 5.41) is 2.90. The van der Waals surface area contributed by atoms with E-state index in [0.29, 0.717) is 24.8 Å². The number of hydrogen-bond donors (Lipinski definition) is 1. The van der Waals surface area contributed by atoms with Crippen LogP contribution in [0, 0.1) is 0 Å². The molecule has 1 saturated heterocycles. The standard InChI is InChI=1S/C19H24N2O4/c1-25-18(24)19(11-3-2-4-12-19)20-17(23)14-7-9-15(10-8-14)21-13-5-6-16(21)22/h7-10H,2-6,11-13H2,1H3,(H,20,23). The van der Waals surface area contributed by atoms with Crippen molar-refractivity contribution >= 4 is 23.5 Å². The average Bonchev–Trinajstić information content (AvgIpc) is 3.07. The van der Waals surface area contributed by atoms with E-state index in [1.54, 1.807) is 29.2 Å². The second kappa shape index (κ2) is 7.25. The molecule has 1 aromatic rings. The number of amides is 2. The van der Waals surface area contributed by atoms with Crippen LogP contribution in [0.25, 0.3) is 0 Å². The van der Waals surface area contributed by atoms with E-state index >= 15 is 0 Å². The molecule has 0 unspecified atom stereocenters. The second-order valence-corrected chi connectivity index (χ2v) is 6.78. The van der Waals surface area contributed by atoms with Crippen molar-refractivity contribution in [1.82, 2.24) is 5.32 Å². The summed E-state index contributed by atoms with van der Waals surface area (Å²) >= 11 is 0. The zero-order valence-corrected chi connectivity index (χ0v) is 14.5. The first-order valence-corrected chi connectivity index (χ1v) is 8.87. The molecule has 2 fully saturated rings. The van der Waals surface area contributed by atoms with Gasteiger partial charge in [0, 0.05) is 24.2 Å². The molecule has 0 aromatic heterocycles. The van der Waals surface area contributed by atoms with Gasteiger partial charge in [-0.05, 0) is 43.5 Å². The molecule has 0 radical (unpaired) electrons. The number of rotatable bonds is 4. The van der Waals surface area contributed by atoms with Crippen molar-refractivity contribution in [3.8, 4) is 0 Å². The Bertz CT molecular complexity index is 663. The van der Waals surface area contributed by atoms with Gasteiger partial charge in [0.2, 0.25) is 5.91 Å². The highest BCUT2D eigenvalue weighted by Gasteiger charge is 2.42. The van der Waals surface area contributed by atoms with Gasteiger partial charge in [-0.1, -0.05) is 19.3 Å². The molecule has 134 valence electrons. The summed E-state index contributed by atoms with van der Waals surface area (Å²) in [6, 6.07) is 6.96. The van der Waals surface area contributed by atoms with E-state index in [4.69, 9.17) is 4.74 Å². The number of esters is 1. The molecule has 0 atom stereocenters. The SMILES string of the molecule is COC(=O)C1(NC(=O)c2ccc(N3CCCC3=O)cc2)CCCCC1. The van der Waals surface area contributed by atoms with Crippen LogP contribution in [-0.4, -0.2) is 37.0 Å². The van der Waals surface area contributed by atoms with Crippen LogP contribution in [-0.2, 0) is 14.3 Å². The van der Waals surface area contributed by atoms with Crippen LogP contribution in [0.15, 0.2) is 24.3 Å². The molecule has 25 heavy (non-hydrogen) atoms. The van der Waals surface area contributed by atoms with Crippen molar-refractivity contribution in [2.75, 3.05) is 18.6 Å². The number of nitrogens with one attached hydrogen (secondary N) is 1. The van der Waals surface area contributed by atoms with E-state index in [0.717, 1.165) is 37.9 Å². The number of benzene rings is 1. The normalized spacial score (nSPS) is 19.6. The predicted molar refractivity (Wildman–Crippen MR) is 93.3 cm³/mol. The minimum Gasteiger partial charge on any atom is -0.467 e. The zero-order chi connectivity index (χ0) is 17.9. The highest BCUT2D eigenvalue weighted by Crippen LogP contribution is 2.30. The summed E-state index contributed by atoms with van der Waals surface area (Å²) in [7, 11) is 1.35. The van der Waals surface area contributed by atoms with Crippen molar-refractivity contribution in [2.45, 2.75) is 50.5 Å². The Kier molecular flexibility index (Phi) is 5.06. The predicted octanol–water partition coefficient (Wildman–Crippen LogP) is 2.42. The largest absolute Gasteiger partial charge is 0.467 e. The van der Waals surface area contributed by atoms with Gasteiger partial charge in [-0.25, -0.2) is 4.79 Å². The maximum atomic E-state index is 12.6. The van der Waals surface area contributed by atoms with E-state index in [9.17, 15) is 14.4 Å². The summed E-state index contributed by atoms with van der Waals surface area (Å²) in [6.45, 7) is 0.718. The van der Waals surface area contributed by atoms with Crippen LogP contribution < -0.4 is 10.2 Å². The summed E-state index contributed by atoms with van der Waals surface area (Å²) in [6.07, 6.45) is 5.49. The molecule has 2 aliphatic rings. The first-order valence-electron chi connectivity index (χ1n) is 8.87. The van der Waals surface area contributed by atoms with Gasteiger partial charge in [-0.3, -0.25) is 9.59 Å². The quantitative estimate of drug-likeness (QED) is 0.851. The lowest BCUT2D eigenvalue weighted by atomic mass is 9.81. The number of anilines is 1. The fourth-order valence-corrected chi connectivity index (χ4v) is 3.73. The minimum absolute atomic E-state index is 0.115. The smallest absolute Gasteiger partial charge is 0.331 e. The van der Waals surface area contributed by atoms with Gasteiger partial charge in [-0.2, -0.15) is 0 Å². The van der Waals surface area contributed by atoms with E-state index in [1.807, 2.05) is 0 Å². The third kappa shape index (κ3) is 3.52. The Labute approximate surface area is 147 Å². The highest BCUT2D eigenvalue weighted by atomic mass is 16.5. The molecule has 1 N–H and O–H groups in total. The minimum atomic E-state index is -0.923. The van der Waals surface area contributed by atoms with Crippen molar-refractivity contribution in [1.29, 1.82) is 0 Å². The summed E-state index contributed by atoms with van der Waals surface area (Å²) in [5.41, 5.74) is 0.358. The Balaban J connectivity index is 1.73. The number of hydrogen-bond acceptors (Lipinski definition) is 4. The molecule has 0 spiro atoms. The van der Waals surface area contributed by atoms with Crippen LogP contribution in [0.4, 0.5) is 5.69 Å². The van der Waals surface area contributed by atoms with E-state index in [2.05, 4.69) is 5.32 Å². The average molecular weight is 344 g/mol. The molecular formula is C19H24N2O4. The van der Waals surface area contributed by atoms with Gasteiger partial charge in [0.1, 0.15) is 5.54 Å². The number of ether oxygens (including phenoxy) is 1. The number of carbonyl (C=O) groups excluding carboxylic acids is 3. The lowest BCUT2D eigenvalue weighted by Gasteiger charge is -2.35. The van der Waals surface area contributed by atoms with Crippen LogP contribution in [0.3, 0.4) is 0 Å². The molecule has 1 aliphatic carbocycles. The summed E-state index contributed by atoms with van der Waals surface area (Å²) in [4.78, 5) is 38.4. The van der Waals surface area contributed by atoms with Crippen LogP contribution in [0.1, 0.15) is 55.3 Å². The molecule has 6 heteroatoms. The molecule has 1 saturated carbocycles. The van der Waals surface area contributed by atoms with E-state index in [1.165, 1.54) is 7.11 Å². The maximum Gasteiger partial charge on any atom is 0.331 e. The van der Waals surface area contributed by atoms with Gasteiger partial charge in [0.05, 0.1) is 7.11 Å². The molecule has 0 bridgehead atoms. The summed E-state index contributed by atoms with van der Waals surface area (Å²) < 4.78 is 4.93. The van der Waals surface area contributed by atoms with Gasteiger partial charge in [-0.15, -0.1) is 0 Å². The monoisotopic (exact) mass is 344 g/mol. The van der Waals surface area contributed by atoms with E-state index in [-0.39, 0.29) is 17.8 Å². The molecule has 2 amide bonds. The fraction of sp³-hybridized carbons (Fsp3) is 0.526. The van der Waals surface area contributed by atoms with Gasteiger partial charge < -0.3 is 15.0 Å². The topological polar surface area (TPSA) is 75.7 Å². The molecular weight excluding hydrogens is 320 g/mol. The van der Waals surface area contributed by atoms with Crippen LogP contribution in [0.2, 0.25) is 0 Å². The first-order chi connectivity index (χ1) is 12.1. The third-order valence-electron chi connectivity index (χ3n) is 5.15. The van der Waals surface area contributed by atoms with Gasteiger partial charge in [0.15, 0.2) is 0 Å². The second-order valence-electron chi connectivity index (χ2n) is 6.78. The van der Waals surface area contributed by atoms with Crippen molar-refractivity contribution in [3.05, 3.63) is 29.8 Å². The Morgan fingerprint density at radius 1 is 1.08 bits per heavy atom. The van der Waals surface area contributed by atoms with E-state index < -0.39 is 5.54 Å². The number of methoxy groups -OCH3 is 1. The Hall–Kier alpha value is -2.37. The third-order valence-corrected chi connectivity index (χ3v) is 5.15. The molecule has 6 nitrogen and oxygen atoms in total. The van der Waals surface area contributed by atoms with Gasteiger partial charge in [0.25, 0.3) is 5.91 Å². The van der Waals surface area contributed by atoms with Crippen molar-refractivity contribution in [2.24, 2.45) is 0 Å². The first kappa shape index (κ1) is 17.5. The van der Waals surface area contributed by atoms with Crippen molar-refractivity contribution < 1.29 is 19.1 Å². The maximum absolute atomic E-state index is 12.6. The van der Waals surface area contributed by atoms with Crippen LogP contribution >= 0.6 is 0 Å². The molecule has 1 heterocycles. The van der Waals surface area contributed by atoms with Crippen LogP contribution in [0.5, 0.6) is 0 Å². The number of carbonyl (C=O) groups is 3. The lowest BCUT2D eigenvalue weighted by molar-refractivity contribution is -0.149. The number of nitrogens with zero attached hydrogens (tertiary/aromatic N) is 1. The Morgan fingerprint density at radius 2 is 1.76 bits per heavy atom. The van der Waals surface area contributed by atoms with Gasteiger partial charge >= 0.3 is 5.97 Å². The fourth-order valence-electron chi connectivity index (χ4n) is 3.73.